The van der Waals surface area contributed by atoms with Gasteiger partial charge in [0, 0.05) is 12.6 Å². The number of hydrazine groups is 1. The zero-order valence-corrected chi connectivity index (χ0v) is 9.65. The van der Waals surface area contributed by atoms with E-state index >= 15 is 0 Å². The molecule has 0 aliphatic carbocycles. The topological polar surface area (TPSA) is 105 Å². The predicted molar refractivity (Wildman–Crippen MR) is 59.7 cm³/mol. The molecule has 3 amide bonds. The number of amides is 3. The van der Waals surface area contributed by atoms with Crippen LogP contribution < -0.4 is 16.6 Å². The molecule has 17 heavy (non-hydrogen) atoms. The van der Waals surface area contributed by atoms with Crippen LogP contribution in [-0.4, -0.2) is 33.2 Å². The second-order valence-electron chi connectivity index (χ2n) is 3.82. The van der Waals surface area contributed by atoms with Gasteiger partial charge in [-0.05, 0) is 6.92 Å². The van der Waals surface area contributed by atoms with Crippen LogP contribution in [0.15, 0.2) is 0 Å². The van der Waals surface area contributed by atoms with E-state index in [0.29, 0.717) is 5.82 Å². The van der Waals surface area contributed by atoms with Gasteiger partial charge in [0.1, 0.15) is 5.82 Å². The van der Waals surface area contributed by atoms with Gasteiger partial charge in [-0.3, -0.25) is 14.4 Å². The number of aromatic nitrogens is 2. The first-order valence-electron chi connectivity index (χ1n) is 5.12. The van der Waals surface area contributed by atoms with Gasteiger partial charge in [0.15, 0.2) is 0 Å². The normalized spacial score (nSPS) is 15.4. The molecule has 0 saturated carbocycles. The van der Waals surface area contributed by atoms with E-state index in [1.165, 1.54) is 0 Å². The van der Waals surface area contributed by atoms with E-state index < -0.39 is 0 Å². The summed E-state index contributed by atoms with van der Waals surface area (Å²) in [6.07, 6.45) is 0. The van der Waals surface area contributed by atoms with Gasteiger partial charge in [0.05, 0.1) is 18.8 Å². The van der Waals surface area contributed by atoms with Gasteiger partial charge in [-0.2, -0.15) is 5.10 Å². The van der Waals surface area contributed by atoms with Gasteiger partial charge in [0.2, 0.25) is 5.91 Å². The zero-order chi connectivity index (χ0) is 12.6. The van der Waals surface area contributed by atoms with Crippen LogP contribution in [0, 0.1) is 6.92 Å². The highest BCUT2D eigenvalue weighted by atomic mass is 16.2. The van der Waals surface area contributed by atoms with Crippen molar-refractivity contribution in [1.82, 2.24) is 20.0 Å². The van der Waals surface area contributed by atoms with Gasteiger partial charge in [-0.15, -0.1) is 0 Å². The van der Waals surface area contributed by atoms with E-state index in [2.05, 4.69) is 15.8 Å². The molecule has 1 aromatic rings. The Morgan fingerprint density at radius 2 is 2.24 bits per heavy atom. The first-order chi connectivity index (χ1) is 8.04. The van der Waals surface area contributed by atoms with Gasteiger partial charge in [0.25, 0.3) is 0 Å². The second kappa shape index (κ2) is 4.06. The summed E-state index contributed by atoms with van der Waals surface area (Å²) >= 11 is 0. The quantitative estimate of drug-likeness (QED) is 0.358. The number of aryl methyl sites for hydroxylation is 2. The van der Waals surface area contributed by atoms with Crippen LogP contribution in [0.1, 0.15) is 11.3 Å². The van der Waals surface area contributed by atoms with Gasteiger partial charge in [-0.1, -0.05) is 0 Å². The van der Waals surface area contributed by atoms with E-state index in [1.54, 1.807) is 18.7 Å². The molecule has 1 fully saturated rings. The number of carbonyl (C=O) groups is 2. The van der Waals surface area contributed by atoms with Crippen LogP contribution >= 0.6 is 0 Å². The third-order valence-corrected chi connectivity index (χ3v) is 2.74. The number of rotatable bonds is 3. The lowest BCUT2D eigenvalue weighted by atomic mass is 10.2. The Morgan fingerprint density at radius 1 is 1.53 bits per heavy atom. The molecule has 92 valence electrons. The molecule has 0 spiro atoms. The molecule has 1 saturated heterocycles. The van der Waals surface area contributed by atoms with Crippen molar-refractivity contribution in [1.29, 1.82) is 0 Å². The lowest BCUT2D eigenvalue weighted by Crippen LogP contribution is -2.31. The average Bonchev–Trinajstić information content (AvgIpc) is 2.73. The monoisotopic (exact) mass is 238 g/mol. The third kappa shape index (κ3) is 1.82. The molecule has 2 rings (SSSR count). The average molecular weight is 238 g/mol. The molecule has 0 atom stereocenters. The van der Waals surface area contributed by atoms with Crippen molar-refractivity contribution in [2.75, 3.05) is 12.0 Å². The van der Waals surface area contributed by atoms with Crippen molar-refractivity contribution in [3.8, 4) is 0 Å². The molecular formula is C9H14N6O2. The molecule has 4 N–H and O–H groups in total. The predicted octanol–water partition coefficient (Wildman–Crippen LogP) is -0.934. The summed E-state index contributed by atoms with van der Waals surface area (Å²) in [6.45, 7) is 2.02. The summed E-state index contributed by atoms with van der Waals surface area (Å²) in [6, 6.07) is -0.388. The maximum Gasteiger partial charge on any atom is 0.324 e. The number of nitrogens with one attached hydrogen (secondary N) is 2. The van der Waals surface area contributed by atoms with Crippen LogP contribution in [0.25, 0.3) is 0 Å². The number of carbonyl (C=O) groups excluding carboxylic acids is 2. The Morgan fingerprint density at radius 3 is 2.76 bits per heavy atom. The minimum atomic E-state index is -0.388. The number of anilines is 1. The van der Waals surface area contributed by atoms with E-state index in [4.69, 9.17) is 5.84 Å². The van der Waals surface area contributed by atoms with E-state index in [1.807, 2.05) is 0 Å². The zero-order valence-electron chi connectivity index (χ0n) is 9.65. The third-order valence-electron chi connectivity index (χ3n) is 2.74. The van der Waals surface area contributed by atoms with E-state index in [9.17, 15) is 9.59 Å². The minimum Gasteiger partial charge on any atom is -0.329 e. The van der Waals surface area contributed by atoms with Crippen molar-refractivity contribution in [2.24, 2.45) is 12.9 Å². The Kier molecular flexibility index (Phi) is 2.72. The summed E-state index contributed by atoms with van der Waals surface area (Å²) in [4.78, 5) is 24.0. The number of hydrogen-bond acceptors (Lipinski definition) is 5. The van der Waals surface area contributed by atoms with Gasteiger partial charge in [-0.25, -0.2) is 10.6 Å². The second-order valence-corrected chi connectivity index (χ2v) is 3.82. The van der Waals surface area contributed by atoms with Gasteiger partial charge >= 0.3 is 6.03 Å². The molecule has 0 unspecified atom stereocenters. The Bertz CT molecular complexity index is 464. The summed E-state index contributed by atoms with van der Waals surface area (Å²) in [5.74, 6) is 5.74. The number of nitrogens with two attached hydrogens (primary N) is 1. The highest BCUT2D eigenvalue weighted by molar-refractivity contribution is 6.01. The largest absolute Gasteiger partial charge is 0.329 e. The molecule has 0 bridgehead atoms. The van der Waals surface area contributed by atoms with E-state index in [0.717, 1.165) is 16.2 Å². The summed E-state index contributed by atoms with van der Waals surface area (Å²) in [5, 5.41) is 6.64. The molecule has 0 radical (unpaired) electrons. The fourth-order valence-corrected chi connectivity index (χ4v) is 1.85. The Hall–Kier alpha value is -2.09. The first-order valence-corrected chi connectivity index (χ1v) is 5.12. The van der Waals surface area contributed by atoms with Crippen molar-refractivity contribution in [3.63, 3.8) is 0 Å². The summed E-state index contributed by atoms with van der Waals surface area (Å²) < 4.78 is 1.57. The molecule has 0 aromatic carbocycles. The standard InChI is InChI=1S/C9H14N6O2/c1-5-6(8(12-10)14(2)13-5)4-15-7(16)3-11-9(15)17/h12H,3-4,10H2,1-2H3,(H,11,17). The number of imide groups is 1. The van der Waals surface area contributed by atoms with Crippen molar-refractivity contribution >= 4 is 17.8 Å². The fraction of sp³-hybridized carbons (Fsp3) is 0.444. The van der Waals surface area contributed by atoms with Crippen LogP contribution in [0.2, 0.25) is 0 Å². The van der Waals surface area contributed by atoms with E-state index in [-0.39, 0.29) is 25.0 Å². The summed E-state index contributed by atoms with van der Waals surface area (Å²) in [7, 11) is 1.73. The van der Waals surface area contributed by atoms with Crippen molar-refractivity contribution in [3.05, 3.63) is 11.3 Å². The van der Waals surface area contributed by atoms with Crippen LogP contribution in [-0.2, 0) is 18.4 Å². The fourth-order valence-electron chi connectivity index (χ4n) is 1.85. The Labute approximate surface area is 97.7 Å². The minimum absolute atomic E-state index is 0.0452. The number of nitrogen functional groups attached to an aromatic ring is 1. The SMILES string of the molecule is Cc1nn(C)c(NN)c1CN1C(=O)CNC1=O. The maximum atomic E-state index is 11.5. The highest BCUT2D eigenvalue weighted by Crippen LogP contribution is 2.20. The lowest BCUT2D eigenvalue weighted by molar-refractivity contribution is -0.125. The maximum absolute atomic E-state index is 11.5. The molecule has 1 aromatic heterocycles. The van der Waals surface area contributed by atoms with Crippen LogP contribution in [0.3, 0.4) is 0 Å². The smallest absolute Gasteiger partial charge is 0.324 e. The summed E-state index contributed by atoms with van der Waals surface area (Å²) in [5.41, 5.74) is 3.99. The highest BCUT2D eigenvalue weighted by Gasteiger charge is 2.30. The van der Waals surface area contributed by atoms with Crippen molar-refractivity contribution < 1.29 is 9.59 Å². The van der Waals surface area contributed by atoms with Crippen molar-refractivity contribution in [2.45, 2.75) is 13.5 Å². The van der Waals surface area contributed by atoms with Crippen LogP contribution in [0.5, 0.6) is 0 Å². The molecule has 1 aliphatic rings. The van der Waals surface area contributed by atoms with Gasteiger partial charge < -0.3 is 10.7 Å². The number of hydrogen-bond donors (Lipinski definition) is 3. The molecule has 1 aliphatic heterocycles. The molecule has 8 heteroatoms. The first kappa shape index (κ1) is 11.4. The molecule has 2 heterocycles. The lowest BCUT2D eigenvalue weighted by Gasteiger charge is -2.13. The molecular weight excluding hydrogens is 224 g/mol. The number of urea groups is 1. The Balaban J connectivity index is 2.29. The molecule has 8 nitrogen and oxygen atoms in total. The van der Waals surface area contributed by atoms with Crippen LogP contribution in [0.4, 0.5) is 10.6 Å². The number of nitrogens with zero attached hydrogens (tertiary/aromatic N) is 3.